The number of halogens is 1. The predicted molar refractivity (Wildman–Crippen MR) is 54.7 cm³/mol. The highest BCUT2D eigenvalue weighted by atomic mass is 35.5. The molecule has 14 heavy (non-hydrogen) atoms. The van der Waals surface area contributed by atoms with Crippen LogP contribution in [0.15, 0.2) is 6.20 Å². The van der Waals surface area contributed by atoms with E-state index >= 15 is 0 Å². The second-order valence-electron chi connectivity index (χ2n) is 3.65. The summed E-state index contributed by atoms with van der Waals surface area (Å²) in [5.74, 6) is 0.636. The van der Waals surface area contributed by atoms with Gasteiger partial charge in [-0.25, -0.2) is 4.98 Å². The first-order chi connectivity index (χ1) is 6.75. The van der Waals surface area contributed by atoms with Crippen LogP contribution < -0.4 is 4.74 Å². The Labute approximate surface area is 88.5 Å². The number of aryl methyl sites for hydroxylation is 1. The third kappa shape index (κ3) is 2.15. The van der Waals surface area contributed by atoms with Gasteiger partial charge in [0.05, 0.1) is 0 Å². The normalized spacial score (nSPS) is 17.3. The van der Waals surface area contributed by atoms with Crippen molar-refractivity contribution in [2.75, 3.05) is 0 Å². The molecule has 0 bridgehead atoms. The fraction of sp³-hybridized carbons (Fsp3) is 0.600. The first-order valence-electron chi connectivity index (χ1n) is 4.91. The summed E-state index contributed by atoms with van der Waals surface area (Å²) in [7, 11) is 0. The smallest absolute Gasteiger partial charge is 0.225 e. The molecule has 0 aromatic carbocycles. The van der Waals surface area contributed by atoms with Crippen LogP contribution >= 0.6 is 11.6 Å². The van der Waals surface area contributed by atoms with Crippen molar-refractivity contribution in [1.29, 1.82) is 0 Å². The quantitative estimate of drug-likeness (QED) is 0.708. The van der Waals surface area contributed by atoms with E-state index in [2.05, 4.69) is 9.97 Å². The molecule has 1 aromatic heterocycles. The van der Waals surface area contributed by atoms with Crippen LogP contribution in [-0.2, 0) is 0 Å². The molecule has 0 aliphatic heterocycles. The molecular weight excluding hydrogens is 200 g/mol. The Morgan fingerprint density at radius 3 is 2.86 bits per heavy atom. The van der Waals surface area contributed by atoms with Crippen molar-refractivity contribution >= 4 is 11.6 Å². The predicted octanol–water partition coefficient (Wildman–Crippen LogP) is 2.76. The summed E-state index contributed by atoms with van der Waals surface area (Å²) in [5.41, 5.74) is 0.946. The summed E-state index contributed by atoms with van der Waals surface area (Å²) in [4.78, 5) is 7.96. The lowest BCUT2D eigenvalue weighted by Gasteiger charge is -2.13. The highest BCUT2D eigenvalue weighted by Gasteiger charge is 2.18. The van der Waals surface area contributed by atoms with E-state index in [1.54, 1.807) is 6.20 Å². The maximum atomic E-state index is 5.75. The molecule has 3 nitrogen and oxygen atoms in total. The Morgan fingerprint density at radius 2 is 2.14 bits per heavy atom. The molecule has 0 spiro atoms. The van der Waals surface area contributed by atoms with E-state index in [1.807, 2.05) is 6.92 Å². The molecule has 0 N–H and O–H groups in total. The minimum Gasteiger partial charge on any atom is -0.474 e. The van der Waals surface area contributed by atoms with Crippen molar-refractivity contribution in [2.45, 2.75) is 38.7 Å². The van der Waals surface area contributed by atoms with Gasteiger partial charge in [0.15, 0.2) is 0 Å². The summed E-state index contributed by atoms with van der Waals surface area (Å²) >= 11 is 5.70. The van der Waals surface area contributed by atoms with E-state index in [0.717, 1.165) is 18.4 Å². The van der Waals surface area contributed by atoms with Crippen LogP contribution in [0.1, 0.15) is 31.2 Å². The highest BCUT2D eigenvalue weighted by Crippen LogP contribution is 2.25. The molecule has 1 aliphatic carbocycles. The van der Waals surface area contributed by atoms with Gasteiger partial charge in [0.25, 0.3) is 0 Å². The molecular formula is C10H13ClN2O. The summed E-state index contributed by atoms with van der Waals surface area (Å²) in [6, 6.07) is 0. The van der Waals surface area contributed by atoms with Crippen molar-refractivity contribution in [3.63, 3.8) is 0 Å². The lowest BCUT2D eigenvalue weighted by Crippen LogP contribution is -2.13. The third-order valence-electron chi connectivity index (χ3n) is 2.48. The number of aromatic nitrogens is 2. The van der Waals surface area contributed by atoms with Gasteiger partial charge < -0.3 is 4.74 Å². The zero-order chi connectivity index (χ0) is 9.97. The van der Waals surface area contributed by atoms with Crippen LogP contribution in [0.3, 0.4) is 0 Å². The van der Waals surface area contributed by atoms with Crippen molar-refractivity contribution in [3.05, 3.63) is 17.0 Å². The average molecular weight is 213 g/mol. The number of ether oxygens (including phenoxy) is 1. The van der Waals surface area contributed by atoms with Crippen molar-refractivity contribution in [1.82, 2.24) is 9.97 Å². The molecule has 1 fully saturated rings. The lowest BCUT2D eigenvalue weighted by atomic mass is 10.3. The molecule has 0 unspecified atom stereocenters. The van der Waals surface area contributed by atoms with Crippen LogP contribution in [0.5, 0.6) is 5.88 Å². The van der Waals surface area contributed by atoms with Crippen LogP contribution in [-0.4, -0.2) is 16.1 Å². The van der Waals surface area contributed by atoms with E-state index < -0.39 is 0 Å². The van der Waals surface area contributed by atoms with Crippen LogP contribution in [0.4, 0.5) is 0 Å². The fourth-order valence-corrected chi connectivity index (χ4v) is 1.82. The van der Waals surface area contributed by atoms with E-state index in [-0.39, 0.29) is 5.28 Å². The molecule has 0 atom stereocenters. The first-order valence-corrected chi connectivity index (χ1v) is 5.29. The average Bonchev–Trinajstić information content (AvgIpc) is 2.64. The van der Waals surface area contributed by atoms with Crippen LogP contribution in [0.25, 0.3) is 0 Å². The second kappa shape index (κ2) is 4.13. The summed E-state index contributed by atoms with van der Waals surface area (Å²) in [6.45, 7) is 1.93. The third-order valence-corrected chi connectivity index (χ3v) is 2.66. The standard InChI is InChI=1S/C10H13ClN2O/c1-7-6-12-10(11)13-9(7)14-8-4-2-3-5-8/h6,8H,2-5H2,1H3. The maximum absolute atomic E-state index is 5.75. The van der Waals surface area contributed by atoms with Gasteiger partial charge in [-0.3, -0.25) is 0 Å². The molecule has 1 saturated carbocycles. The number of hydrogen-bond acceptors (Lipinski definition) is 3. The molecule has 76 valence electrons. The topological polar surface area (TPSA) is 35.0 Å². The zero-order valence-corrected chi connectivity index (χ0v) is 8.92. The molecule has 4 heteroatoms. The van der Waals surface area contributed by atoms with Gasteiger partial charge in [-0.05, 0) is 44.2 Å². The number of hydrogen-bond donors (Lipinski definition) is 0. The minimum absolute atomic E-state index is 0.253. The summed E-state index contributed by atoms with van der Waals surface area (Å²) in [5, 5.41) is 0.253. The Hall–Kier alpha value is -0.830. The van der Waals surface area contributed by atoms with Crippen molar-refractivity contribution in [2.24, 2.45) is 0 Å². The molecule has 1 aromatic rings. The van der Waals surface area contributed by atoms with Crippen LogP contribution in [0, 0.1) is 6.92 Å². The summed E-state index contributed by atoms with van der Waals surface area (Å²) in [6.07, 6.45) is 6.77. The Kier molecular flexibility index (Phi) is 2.87. The lowest BCUT2D eigenvalue weighted by molar-refractivity contribution is 0.199. The van der Waals surface area contributed by atoms with Crippen LogP contribution in [0.2, 0.25) is 5.28 Å². The Balaban J connectivity index is 2.10. The van der Waals surface area contributed by atoms with Gasteiger partial charge in [-0.1, -0.05) is 0 Å². The summed E-state index contributed by atoms with van der Waals surface area (Å²) < 4.78 is 5.75. The molecule has 1 heterocycles. The van der Waals surface area contributed by atoms with Crippen molar-refractivity contribution < 1.29 is 4.74 Å². The number of rotatable bonds is 2. The number of nitrogens with zero attached hydrogens (tertiary/aromatic N) is 2. The van der Waals surface area contributed by atoms with Gasteiger partial charge >= 0.3 is 0 Å². The fourth-order valence-electron chi connectivity index (χ4n) is 1.69. The molecule has 0 saturated heterocycles. The Morgan fingerprint density at radius 1 is 1.43 bits per heavy atom. The highest BCUT2D eigenvalue weighted by molar-refractivity contribution is 6.28. The Bertz CT molecular complexity index is 324. The minimum atomic E-state index is 0.253. The van der Waals surface area contributed by atoms with Gasteiger partial charge in [-0.15, -0.1) is 0 Å². The van der Waals surface area contributed by atoms with Gasteiger partial charge in [0, 0.05) is 11.8 Å². The van der Waals surface area contributed by atoms with E-state index in [0.29, 0.717) is 12.0 Å². The van der Waals surface area contributed by atoms with Gasteiger partial charge in [-0.2, -0.15) is 4.98 Å². The van der Waals surface area contributed by atoms with E-state index in [9.17, 15) is 0 Å². The zero-order valence-electron chi connectivity index (χ0n) is 8.16. The van der Waals surface area contributed by atoms with Crippen molar-refractivity contribution in [3.8, 4) is 5.88 Å². The molecule has 0 amide bonds. The van der Waals surface area contributed by atoms with E-state index in [4.69, 9.17) is 16.3 Å². The second-order valence-corrected chi connectivity index (χ2v) is 3.99. The monoisotopic (exact) mass is 212 g/mol. The first kappa shape index (κ1) is 9.71. The SMILES string of the molecule is Cc1cnc(Cl)nc1OC1CCCC1. The van der Waals surface area contributed by atoms with E-state index in [1.165, 1.54) is 12.8 Å². The molecule has 1 aliphatic rings. The maximum Gasteiger partial charge on any atom is 0.225 e. The molecule has 0 radical (unpaired) electrons. The molecule has 2 rings (SSSR count). The van der Waals surface area contributed by atoms with Gasteiger partial charge in [0.1, 0.15) is 6.10 Å². The van der Waals surface area contributed by atoms with Gasteiger partial charge in [0.2, 0.25) is 11.2 Å². The largest absolute Gasteiger partial charge is 0.474 e.